The molecule has 0 aromatic heterocycles. The van der Waals surface area contributed by atoms with Crippen molar-refractivity contribution in [1.82, 2.24) is 0 Å². The number of hydrogen-bond donors (Lipinski definition) is 1. The maximum Gasteiger partial charge on any atom is 0.342 e. The third-order valence-electron chi connectivity index (χ3n) is 5.49. The van der Waals surface area contributed by atoms with Crippen molar-refractivity contribution >= 4 is 17.9 Å². The van der Waals surface area contributed by atoms with Crippen molar-refractivity contribution in [3.05, 3.63) is 28.8 Å². The monoisotopic (exact) mass is 494 g/mol. The van der Waals surface area contributed by atoms with Gasteiger partial charge in [-0.25, -0.2) is 9.59 Å². The van der Waals surface area contributed by atoms with E-state index in [-0.39, 0.29) is 36.0 Å². The van der Waals surface area contributed by atoms with E-state index in [1.807, 2.05) is 48.5 Å². The van der Waals surface area contributed by atoms with Crippen LogP contribution in [0, 0.1) is 0 Å². The minimum absolute atomic E-state index is 0.157. The third kappa shape index (κ3) is 9.88. The van der Waals surface area contributed by atoms with Crippen LogP contribution in [0.15, 0.2) is 12.1 Å². The molecule has 1 aromatic carbocycles. The summed E-state index contributed by atoms with van der Waals surface area (Å²) in [4.78, 5) is 46.3. The van der Waals surface area contributed by atoms with Gasteiger partial charge in [-0.15, -0.1) is 0 Å². The second kappa shape index (κ2) is 11.9. The van der Waals surface area contributed by atoms with Gasteiger partial charge in [0.2, 0.25) is 0 Å². The Hall–Kier alpha value is -2.61. The van der Waals surface area contributed by atoms with Crippen LogP contribution in [0.2, 0.25) is 0 Å². The first-order chi connectivity index (χ1) is 15.9. The maximum absolute atomic E-state index is 12.8. The van der Waals surface area contributed by atoms with Crippen LogP contribution in [0.1, 0.15) is 110 Å². The van der Waals surface area contributed by atoms with Gasteiger partial charge < -0.3 is 14.6 Å². The third-order valence-corrected chi connectivity index (χ3v) is 5.49. The zero-order chi connectivity index (χ0) is 27.2. The molecule has 0 fully saturated rings. The van der Waals surface area contributed by atoms with E-state index >= 15 is 0 Å². The number of hydrogen-bond acceptors (Lipinski definition) is 8. The second-order valence-corrected chi connectivity index (χ2v) is 11.5. The lowest BCUT2D eigenvalue weighted by atomic mass is 9.78. The van der Waals surface area contributed by atoms with Crippen molar-refractivity contribution in [1.29, 1.82) is 0 Å². The maximum atomic E-state index is 12.8. The highest BCUT2D eigenvalue weighted by Crippen LogP contribution is 2.40. The van der Waals surface area contributed by atoms with Crippen LogP contribution in [0.5, 0.6) is 5.75 Å². The van der Waals surface area contributed by atoms with E-state index in [9.17, 15) is 19.5 Å². The standard InChI is InChI=1S/C27H42O8/c1-11-27(9,10)35-34-22(29)13-12-21(28)32-16-17(2)33-24(31)18-14-19(25(3,4)5)23(30)20(15-18)26(6,7)8/h14-15,17,30H,11-13,16H2,1-10H3. The molecule has 0 saturated heterocycles. The number of carbonyl (C=O) groups excluding carboxylic acids is 3. The average molecular weight is 495 g/mol. The summed E-state index contributed by atoms with van der Waals surface area (Å²) in [5, 5.41) is 10.8. The Morgan fingerprint density at radius 1 is 0.886 bits per heavy atom. The fourth-order valence-corrected chi connectivity index (χ4v) is 2.93. The predicted octanol–water partition coefficient (Wildman–Crippen LogP) is 5.52. The molecule has 1 unspecified atom stereocenters. The van der Waals surface area contributed by atoms with E-state index in [1.54, 1.807) is 32.9 Å². The number of benzene rings is 1. The Bertz CT molecular complexity index is 868. The molecular weight excluding hydrogens is 452 g/mol. The van der Waals surface area contributed by atoms with Crippen molar-refractivity contribution in [3.8, 4) is 5.75 Å². The van der Waals surface area contributed by atoms with Crippen molar-refractivity contribution in [2.75, 3.05) is 6.61 Å². The molecule has 1 atom stereocenters. The minimum atomic E-state index is -0.711. The van der Waals surface area contributed by atoms with E-state index in [1.165, 1.54) is 0 Å². The molecule has 0 heterocycles. The van der Waals surface area contributed by atoms with Gasteiger partial charge >= 0.3 is 17.9 Å². The Balaban J connectivity index is 2.70. The lowest BCUT2D eigenvalue weighted by Crippen LogP contribution is -2.26. The second-order valence-electron chi connectivity index (χ2n) is 11.5. The zero-order valence-electron chi connectivity index (χ0n) is 22.9. The van der Waals surface area contributed by atoms with Crippen molar-refractivity contribution in [2.45, 2.75) is 111 Å². The number of esters is 2. The van der Waals surface area contributed by atoms with Gasteiger partial charge in [0.05, 0.1) is 18.4 Å². The first kappa shape index (κ1) is 30.4. The predicted molar refractivity (Wildman–Crippen MR) is 132 cm³/mol. The molecule has 0 saturated carbocycles. The van der Waals surface area contributed by atoms with Crippen molar-refractivity contribution in [2.24, 2.45) is 0 Å². The zero-order valence-corrected chi connectivity index (χ0v) is 22.9. The highest BCUT2D eigenvalue weighted by atomic mass is 17.2. The van der Waals surface area contributed by atoms with Crippen LogP contribution in [0.4, 0.5) is 0 Å². The molecule has 0 aliphatic heterocycles. The molecule has 0 bridgehead atoms. The van der Waals surface area contributed by atoms with Crippen molar-refractivity contribution < 1.29 is 38.7 Å². The van der Waals surface area contributed by atoms with Gasteiger partial charge in [0, 0.05) is 11.1 Å². The lowest BCUT2D eigenvalue weighted by Gasteiger charge is -2.28. The average Bonchev–Trinajstić information content (AvgIpc) is 2.73. The molecule has 0 radical (unpaired) electrons. The SMILES string of the molecule is CCC(C)(C)OOC(=O)CCC(=O)OCC(C)OC(=O)c1cc(C(C)(C)C)c(O)c(C(C)(C)C)c1. The van der Waals surface area contributed by atoms with Gasteiger partial charge in [-0.1, -0.05) is 48.5 Å². The van der Waals surface area contributed by atoms with Gasteiger partial charge in [-0.05, 0) is 50.2 Å². The number of phenols is 1. The number of aromatic hydroxyl groups is 1. The van der Waals surface area contributed by atoms with Crippen LogP contribution in [-0.2, 0) is 39.7 Å². The molecule has 0 aliphatic rings. The highest BCUT2D eigenvalue weighted by Gasteiger charge is 2.28. The molecular formula is C27H42O8. The Labute approximate surface area is 209 Å². The van der Waals surface area contributed by atoms with E-state index in [2.05, 4.69) is 0 Å². The Kier molecular flexibility index (Phi) is 10.3. The first-order valence-electron chi connectivity index (χ1n) is 12.0. The van der Waals surface area contributed by atoms with Gasteiger partial charge in [-0.3, -0.25) is 9.68 Å². The quantitative estimate of drug-likeness (QED) is 0.257. The summed E-state index contributed by atoms with van der Waals surface area (Å²) < 4.78 is 10.6. The molecule has 1 aromatic rings. The summed E-state index contributed by atoms with van der Waals surface area (Å²) in [5.74, 6) is -1.69. The fraction of sp³-hybridized carbons (Fsp3) is 0.667. The topological polar surface area (TPSA) is 108 Å². The summed E-state index contributed by atoms with van der Waals surface area (Å²) in [6.45, 7) is 18.6. The van der Waals surface area contributed by atoms with Crippen LogP contribution < -0.4 is 0 Å². The van der Waals surface area contributed by atoms with Crippen LogP contribution >= 0.6 is 0 Å². The minimum Gasteiger partial charge on any atom is -0.507 e. The lowest BCUT2D eigenvalue weighted by molar-refractivity contribution is -0.325. The van der Waals surface area contributed by atoms with Crippen molar-refractivity contribution in [3.63, 3.8) is 0 Å². The van der Waals surface area contributed by atoms with Crippen LogP contribution in [0.25, 0.3) is 0 Å². The smallest absolute Gasteiger partial charge is 0.342 e. The van der Waals surface area contributed by atoms with E-state index < -0.39 is 29.6 Å². The highest BCUT2D eigenvalue weighted by molar-refractivity contribution is 5.90. The summed E-state index contributed by atoms with van der Waals surface area (Å²) in [5.41, 5.74) is 0.228. The molecule has 198 valence electrons. The summed E-state index contributed by atoms with van der Waals surface area (Å²) in [6.07, 6.45) is -0.432. The first-order valence-corrected chi connectivity index (χ1v) is 12.0. The molecule has 8 nitrogen and oxygen atoms in total. The van der Waals surface area contributed by atoms with E-state index in [0.29, 0.717) is 23.1 Å². The largest absolute Gasteiger partial charge is 0.507 e. The number of ether oxygens (including phenoxy) is 2. The molecule has 1 N–H and O–H groups in total. The van der Waals surface area contributed by atoms with E-state index in [4.69, 9.17) is 19.2 Å². The molecule has 35 heavy (non-hydrogen) atoms. The number of phenolic OH excluding ortho intramolecular Hbond substituents is 1. The number of rotatable bonds is 10. The fourth-order valence-electron chi connectivity index (χ4n) is 2.93. The van der Waals surface area contributed by atoms with Gasteiger partial charge in [-0.2, -0.15) is 4.89 Å². The molecule has 8 heteroatoms. The van der Waals surface area contributed by atoms with Gasteiger partial charge in [0.15, 0.2) is 0 Å². The van der Waals surface area contributed by atoms with Gasteiger partial charge in [0.1, 0.15) is 24.1 Å². The normalized spacial score (nSPS) is 13.2. The van der Waals surface area contributed by atoms with E-state index in [0.717, 1.165) is 0 Å². The van der Waals surface area contributed by atoms with Crippen LogP contribution in [-0.4, -0.2) is 41.3 Å². The molecule has 0 amide bonds. The summed E-state index contributed by atoms with van der Waals surface area (Å²) in [7, 11) is 0. The number of carbonyl (C=O) groups is 3. The molecule has 0 aliphatic carbocycles. The Morgan fingerprint density at radius 2 is 1.37 bits per heavy atom. The summed E-state index contributed by atoms with van der Waals surface area (Å²) in [6, 6.07) is 3.28. The van der Waals surface area contributed by atoms with Gasteiger partial charge in [0.25, 0.3) is 0 Å². The summed E-state index contributed by atoms with van der Waals surface area (Å²) >= 11 is 0. The molecule has 1 rings (SSSR count). The molecule has 0 spiro atoms. The Morgan fingerprint density at radius 3 is 1.83 bits per heavy atom. The van der Waals surface area contributed by atoms with Crippen LogP contribution in [0.3, 0.4) is 0 Å².